The molecular formula is C20H27ClN4O3. The summed E-state index contributed by atoms with van der Waals surface area (Å²) in [5, 5.41) is 5.09. The van der Waals surface area contributed by atoms with Gasteiger partial charge in [0.25, 0.3) is 0 Å². The molecule has 152 valence electrons. The van der Waals surface area contributed by atoms with Crippen LogP contribution in [0.1, 0.15) is 23.4 Å². The van der Waals surface area contributed by atoms with E-state index in [1.807, 2.05) is 30.8 Å². The molecule has 1 aliphatic rings. The molecule has 2 aromatic rings. The van der Waals surface area contributed by atoms with Crippen LogP contribution in [0.25, 0.3) is 0 Å². The summed E-state index contributed by atoms with van der Waals surface area (Å²) in [6.45, 7) is 6.86. The quantitative estimate of drug-likeness (QED) is 0.762. The number of primary amides is 1. The molecule has 28 heavy (non-hydrogen) atoms. The largest absolute Gasteiger partial charge is 0.490 e. The third kappa shape index (κ3) is 4.84. The number of nitrogens with zero attached hydrogens (tertiary/aromatic N) is 3. The van der Waals surface area contributed by atoms with Gasteiger partial charge in [0, 0.05) is 43.0 Å². The lowest BCUT2D eigenvalue weighted by Crippen LogP contribution is -2.56. The first kappa shape index (κ1) is 20.6. The Morgan fingerprint density at radius 2 is 2.21 bits per heavy atom. The van der Waals surface area contributed by atoms with Gasteiger partial charge in [0.15, 0.2) is 0 Å². The highest BCUT2D eigenvalue weighted by atomic mass is 35.5. The lowest BCUT2D eigenvalue weighted by Gasteiger charge is -2.42. The number of rotatable bonds is 7. The highest BCUT2D eigenvalue weighted by molar-refractivity contribution is 6.30. The molecular weight excluding hydrogens is 380 g/mol. The van der Waals surface area contributed by atoms with Crippen molar-refractivity contribution in [2.45, 2.75) is 32.4 Å². The number of aryl methyl sites for hydroxylation is 2. The van der Waals surface area contributed by atoms with Gasteiger partial charge in [-0.25, -0.2) is 0 Å². The molecule has 0 spiro atoms. The van der Waals surface area contributed by atoms with Crippen LogP contribution >= 0.6 is 11.6 Å². The molecule has 0 radical (unpaired) electrons. The van der Waals surface area contributed by atoms with Crippen LogP contribution < -0.4 is 10.5 Å². The van der Waals surface area contributed by atoms with Crippen molar-refractivity contribution < 1.29 is 14.3 Å². The van der Waals surface area contributed by atoms with Crippen LogP contribution in [0.5, 0.6) is 5.75 Å². The lowest BCUT2D eigenvalue weighted by atomic mass is 9.97. The summed E-state index contributed by atoms with van der Waals surface area (Å²) in [5.41, 5.74) is 8.08. The standard InChI is InChI=1S/C20H27ClN4O3/c1-14-18(15(2)24(3)23-14)11-25-7-8-28-20(12-25,10-19(22)26)13-27-17-6-4-5-16(21)9-17/h4-6,9H,7-8,10-13H2,1-3H3,(H2,22,26)/t20-/m0/s1. The molecule has 1 amide bonds. The lowest BCUT2D eigenvalue weighted by molar-refractivity contribution is -0.148. The topological polar surface area (TPSA) is 82.6 Å². The summed E-state index contributed by atoms with van der Waals surface area (Å²) < 4.78 is 13.9. The smallest absolute Gasteiger partial charge is 0.220 e. The Bertz CT molecular complexity index is 854. The van der Waals surface area contributed by atoms with E-state index in [4.69, 9.17) is 26.8 Å². The molecule has 1 aromatic heterocycles. The van der Waals surface area contributed by atoms with E-state index in [1.54, 1.807) is 12.1 Å². The first-order valence-corrected chi connectivity index (χ1v) is 9.68. The molecule has 0 saturated carbocycles. The first-order chi connectivity index (χ1) is 13.3. The zero-order valence-electron chi connectivity index (χ0n) is 16.6. The van der Waals surface area contributed by atoms with E-state index < -0.39 is 11.5 Å². The van der Waals surface area contributed by atoms with E-state index in [-0.39, 0.29) is 13.0 Å². The van der Waals surface area contributed by atoms with Crippen LogP contribution in [-0.4, -0.2) is 52.5 Å². The van der Waals surface area contributed by atoms with Crippen molar-refractivity contribution in [1.82, 2.24) is 14.7 Å². The Balaban J connectivity index is 1.75. The van der Waals surface area contributed by atoms with E-state index in [0.29, 0.717) is 23.9 Å². The summed E-state index contributed by atoms with van der Waals surface area (Å²) in [4.78, 5) is 14.0. The fraction of sp³-hybridized carbons (Fsp3) is 0.500. The maximum Gasteiger partial charge on any atom is 0.220 e. The van der Waals surface area contributed by atoms with Crippen molar-refractivity contribution >= 4 is 17.5 Å². The van der Waals surface area contributed by atoms with Crippen molar-refractivity contribution in [3.8, 4) is 5.75 Å². The van der Waals surface area contributed by atoms with E-state index in [9.17, 15) is 4.79 Å². The van der Waals surface area contributed by atoms with Crippen LogP contribution in [0.15, 0.2) is 24.3 Å². The molecule has 1 atom stereocenters. The van der Waals surface area contributed by atoms with Gasteiger partial charge in [-0.1, -0.05) is 17.7 Å². The van der Waals surface area contributed by atoms with Gasteiger partial charge in [-0.2, -0.15) is 5.10 Å². The summed E-state index contributed by atoms with van der Waals surface area (Å²) in [6, 6.07) is 7.17. The van der Waals surface area contributed by atoms with E-state index in [1.165, 1.54) is 5.56 Å². The number of carbonyl (C=O) groups excluding carboxylic acids is 1. The zero-order valence-corrected chi connectivity index (χ0v) is 17.3. The first-order valence-electron chi connectivity index (χ1n) is 9.30. The van der Waals surface area contributed by atoms with Gasteiger partial charge in [0.1, 0.15) is 18.0 Å². The molecule has 1 aliphatic heterocycles. The van der Waals surface area contributed by atoms with Gasteiger partial charge in [-0.3, -0.25) is 14.4 Å². The second-order valence-electron chi connectivity index (χ2n) is 7.40. The van der Waals surface area contributed by atoms with Crippen molar-refractivity contribution in [3.63, 3.8) is 0 Å². The van der Waals surface area contributed by atoms with Crippen molar-refractivity contribution in [1.29, 1.82) is 0 Å². The Labute approximate surface area is 170 Å². The van der Waals surface area contributed by atoms with Crippen LogP contribution in [0.3, 0.4) is 0 Å². The molecule has 7 nitrogen and oxygen atoms in total. The number of hydrogen-bond acceptors (Lipinski definition) is 5. The average molecular weight is 407 g/mol. The number of amides is 1. The molecule has 1 aromatic carbocycles. The molecule has 1 fully saturated rings. The molecule has 8 heteroatoms. The minimum atomic E-state index is -0.795. The monoisotopic (exact) mass is 406 g/mol. The molecule has 0 aliphatic carbocycles. The van der Waals surface area contributed by atoms with Crippen molar-refractivity contribution in [2.24, 2.45) is 12.8 Å². The molecule has 0 bridgehead atoms. The molecule has 1 saturated heterocycles. The summed E-state index contributed by atoms with van der Waals surface area (Å²) >= 11 is 6.03. The number of aromatic nitrogens is 2. The number of ether oxygens (including phenoxy) is 2. The fourth-order valence-corrected chi connectivity index (χ4v) is 3.84. The van der Waals surface area contributed by atoms with Gasteiger partial charge >= 0.3 is 0 Å². The van der Waals surface area contributed by atoms with Gasteiger partial charge in [0.05, 0.1) is 18.7 Å². The number of hydrogen-bond donors (Lipinski definition) is 1. The third-order valence-corrected chi connectivity index (χ3v) is 5.40. The number of halogens is 1. The number of morpholine rings is 1. The fourth-order valence-electron chi connectivity index (χ4n) is 3.66. The Morgan fingerprint density at radius 3 is 2.86 bits per heavy atom. The highest BCUT2D eigenvalue weighted by Crippen LogP contribution is 2.27. The highest BCUT2D eigenvalue weighted by Gasteiger charge is 2.39. The predicted octanol–water partition coefficient (Wildman–Crippen LogP) is 2.22. The SMILES string of the molecule is Cc1nn(C)c(C)c1CN1CCO[C@@](COc2cccc(Cl)c2)(CC(N)=O)C1. The Hall–Kier alpha value is -2.09. The van der Waals surface area contributed by atoms with Gasteiger partial charge in [-0.05, 0) is 32.0 Å². The number of nitrogens with two attached hydrogens (primary N) is 1. The van der Waals surface area contributed by atoms with E-state index in [2.05, 4.69) is 16.9 Å². The van der Waals surface area contributed by atoms with E-state index >= 15 is 0 Å². The maximum atomic E-state index is 11.7. The third-order valence-electron chi connectivity index (χ3n) is 5.16. The maximum absolute atomic E-state index is 11.7. The molecule has 2 heterocycles. The average Bonchev–Trinajstić information content (AvgIpc) is 2.86. The minimum absolute atomic E-state index is 0.0923. The van der Waals surface area contributed by atoms with Crippen molar-refractivity contribution in [3.05, 3.63) is 46.2 Å². The van der Waals surface area contributed by atoms with Gasteiger partial charge < -0.3 is 15.2 Å². The van der Waals surface area contributed by atoms with Crippen LogP contribution in [0, 0.1) is 13.8 Å². The number of benzene rings is 1. The Morgan fingerprint density at radius 1 is 1.43 bits per heavy atom. The van der Waals surface area contributed by atoms with Crippen LogP contribution in [0.2, 0.25) is 5.02 Å². The zero-order chi connectivity index (χ0) is 20.3. The predicted molar refractivity (Wildman–Crippen MR) is 107 cm³/mol. The second-order valence-corrected chi connectivity index (χ2v) is 7.84. The summed E-state index contributed by atoms with van der Waals surface area (Å²) in [7, 11) is 1.95. The number of carbonyl (C=O) groups is 1. The Kier molecular flexibility index (Phi) is 6.27. The summed E-state index contributed by atoms with van der Waals surface area (Å²) in [5.74, 6) is 0.223. The van der Waals surface area contributed by atoms with Crippen LogP contribution in [0.4, 0.5) is 0 Å². The minimum Gasteiger partial charge on any atom is -0.490 e. The van der Waals surface area contributed by atoms with Gasteiger partial charge in [0.2, 0.25) is 5.91 Å². The van der Waals surface area contributed by atoms with Gasteiger partial charge in [-0.15, -0.1) is 0 Å². The summed E-state index contributed by atoms with van der Waals surface area (Å²) in [6.07, 6.45) is 0.0923. The van der Waals surface area contributed by atoms with E-state index in [0.717, 1.165) is 24.5 Å². The normalized spacial score (nSPS) is 20.3. The molecule has 2 N–H and O–H groups in total. The second kappa shape index (κ2) is 8.51. The molecule has 0 unspecified atom stereocenters. The molecule has 3 rings (SSSR count). The van der Waals surface area contributed by atoms with Crippen molar-refractivity contribution in [2.75, 3.05) is 26.3 Å². The van der Waals surface area contributed by atoms with Crippen LogP contribution in [-0.2, 0) is 23.1 Å².